The maximum absolute atomic E-state index is 12.0. The van der Waals surface area contributed by atoms with E-state index >= 15 is 0 Å². The summed E-state index contributed by atoms with van der Waals surface area (Å²) < 4.78 is 21.7. The van der Waals surface area contributed by atoms with Crippen molar-refractivity contribution in [3.8, 4) is 0 Å². The van der Waals surface area contributed by atoms with Crippen molar-refractivity contribution < 1.29 is 18.4 Å². The lowest BCUT2D eigenvalue weighted by Crippen LogP contribution is -2.10. The number of hydrogen-bond donors (Lipinski definition) is 0. The van der Waals surface area contributed by atoms with Gasteiger partial charge in [-0.25, -0.2) is 0 Å². The molecule has 1 atom stereocenters. The van der Waals surface area contributed by atoms with Crippen LogP contribution in [0.3, 0.4) is 0 Å². The third-order valence-electron chi connectivity index (χ3n) is 1.91. The summed E-state index contributed by atoms with van der Waals surface area (Å²) in [7, 11) is -2.04. The van der Waals surface area contributed by atoms with Gasteiger partial charge in [-0.15, -0.1) is 0 Å². The third kappa shape index (κ3) is 5.78. The standard InChI is InChI=1S/C12H19O4P/c1-5-8-11(9-6-2)12(13)10-17(14,15-4)16-7-3/h5-6,8-9H,1,7,10H2,2-4H3/b9-6-,11-8+. The van der Waals surface area contributed by atoms with E-state index in [1.165, 1.54) is 13.2 Å². The van der Waals surface area contributed by atoms with Crippen LogP contribution in [-0.4, -0.2) is 25.7 Å². The third-order valence-corrected chi connectivity index (χ3v) is 3.79. The summed E-state index contributed by atoms with van der Waals surface area (Å²) >= 11 is 0. The quantitative estimate of drug-likeness (QED) is 0.381. The van der Waals surface area contributed by atoms with E-state index < -0.39 is 7.60 Å². The highest BCUT2D eigenvalue weighted by molar-refractivity contribution is 7.54. The molecule has 96 valence electrons. The molecule has 5 heteroatoms. The summed E-state index contributed by atoms with van der Waals surface area (Å²) in [4.78, 5) is 11.9. The zero-order valence-electron chi connectivity index (χ0n) is 10.5. The van der Waals surface area contributed by atoms with E-state index in [0.29, 0.717) is 5.57 Å². The molecule has 0 heterocycles. The highest BCUT2D eigenvalue weighted by atomic mass is 31.2. The first-order valence-corrected chi connectivity index (χ1v) is 7.03. The number of allylic oxidation sites excluding steroid dienone is 5. The molecular weight excluding hydrogens is 239 g/mol. The second-order valence-corrected chi connectivity index (χ2v) is 5.31. The lowest BCUT2D eigenvalue weighted by atomic mass is 10.1. The molecule has 0 fully saturated rings. The van der Waals surface area contributed by atoms with Crippen molar-refractivity contribution >= 4 is 13.4 Å². The maximum Gasteiger partial charge on any atom is 0.338 e. The normalized spacial score (nSPS) is 15.8. The first-order valence-electron chi connectivity index (χ1n) is 5.31. The minimum absolute atomic E-state index is 0.239. The first kappa shape index (κ1) is 16.0. The largest absolute Gasteiger partial charge is 0.338 e. The van der Waals surface area contributed by atoms with E-state index in [-0.39, 0.29) is 18.6 Å². The highest BCUT2D eigenvalue weighted by Gasteiger charge is 2.27. The van der Waals surface area contributed by atoms with Crippen LogP contribution in [0.1, 0.15) is 13.8 Å². The predicted octanol–water partition coefficient (Wildman–Crippen LogP) is 3.12. The Labute approximate surface area is 103 Å². The molecule has 17 heavy (non-hydrogen) atoms. The Bertz CT molecular complexity index is 369. The minimum Gasteiger partial charge on any atom is -0.312 e. The zero-order chi connectivity index (χ0) is 13.3. The molecule has 0 aliphatic heterocycles. The van der Waals surface area contributed by atoms with Crippen LogP contribution in [0.25, 0.3) is 0 Å². The van der Waals surface area contributed by atoms with Crippen molar-refractivity contribution in [1.29, 1.82) is 0 Å². The van der Waals surface area contributed by atoms with Gasteiger partial charge < -0.3 is 9.05 Å². The summed E-state index contributed by atoms with van der Waals surface area (Å²) in [6, 6.07) is 0. The molecule has 0 saturated carbocycles. The molecule has 0 radical (unpaired) electrons. The Kier molecular flexibility index (Phi) is 7.72. The van der Waals surface area contributed by atoms with E-state index in [9.17, 15) is 9.36 Å². The smallest absolute Gasteiger partial charge is 0.312 e. The SMILES string of the molecule is C=C/C=C(\C=C/C)C(=O)CP(=O)(OC)OCC. The first-order chi connectivity index (χ1) is 8.02. The van der Waals surface area contributed by atoms with Crippen molar-refractivity contribution in [3.63, 3.8) is 0 Å². The lowest BCUT2D eigenvalue weighted by Gasteiger charge is -2.14. The predicted molar refractivity (Wildman–Crippen MR) is 69.2 cm³/mol. The van der Waals surface area contributed by atoms with Crippen LogP contribution in [0.15, 0.2) is 36.5 Å². The molecule has 0 aromatic rings. The second-order valence-electron chi connectivity index (χ2n) is 3.15. The van der Waals surface area contributed by atoms with Gasteiger partial charge in [0.25, 0.3) is 0 Å². The number of Topliss-reactive ketones (excluding diaryl/α,β-unsaturated/α-hetero) is 1. The van der Waals surface area contributed by atoms with Gasteiger partial charge in [-0.05, 0) is 13.8 Å². The fraction of sp³-hybridized carbons (Fsp3) is 0.417. The Morgan fingerprint density at radius 3 is 2.53 bits per heavy atom. The molecule has 0 bridgehead atoms. The van der Waals surface area contributed by atoms with E-state index in [2.05, 4.69) is 6.58 Å². The molecule has 0 rings (SSSR count). The topological polar surface area (TPSA) is 52.6 Å². The molecule has 0 amide bonds. The van der Waals surface area contributed by atoms with E-state index in [4.69, 9.17) is 9.05 Å². The fourth-order valence-corrected chi connectivity index (χ4v) is 2.43. The average molecular weight is 258 g/mol. The van der Waals surface area contributed by atoms with Gasteiger partial charge in [-0.2, -0.15) is 0 Å². The number of carbonyl (C=O) groups is 1. The van der Waals surface area contributed by atoms with Crippen LogP contribution in [0.2, 0.25) is 0 Å². The summed E-state index contributed by atoms with van der Waals surface area (Å²) in [6.45, 7) is 7.25. The molecule has 0 aromatic carbocycles. The minimum atomic E-state index is -3.32. The Morgan fingerprint density at radius 2 is 2.12 bits per heavy atom. The van der Waals surface area contributed by atoms with Crippen molar-refractivity contribution in [2.45, 2.75) is 13.8 Å². The fourth-order valence-electron chi connectivity index (χ4n) is 1.17. The molecule has 0 spiro atoms. The van der Waals surface area contributed by atoms with Crippen molar-refractivity contribution in [1.82, 2.24) is 0 Å². The van der Waals surface area contributed by atoms with Gasteiger partial charge in [0.15, 0.2) is 5.78 Å². The summed E-state index contributed by atoms with van der Waals surface area (Å²) in [6.07, 6.45) is 6.17. The second kappa shape index (κ2) is 8.18. The monoisotopic (exact) mass is 258 g/mol. The molecule has 0 aliphatic rings. The van der Waals surface area contributed by atoms with Crippen molar-refractivity contribution in [2.24, 2.45) is 0 Å². The summed E-state index contributed by atoms with van der Waals surface area (Å²) in [5.74, 6) is -0.290. The summed E-state index contributed by atoms with van der Waals surface area (Å²) in [5.41, 5.74) is 0.430. The van der Waals surface area contributed by atoms with Gasteiger partial charge in [0.05, 0.1) is 6.61 Å². The van der Waals surface area contributed by atoms with Crippen LogP contribution in [-0.2, 0) is 18.4 Å². The van der Waals surface area contributed by atoms with Gasteiger partial charge >= 0.3 is 7.60 Å². The number of carbonyl (C=O) groups excluding carboxylic acids is 1. The Balaban J connectivity index is 4.87. The van der Waals surface area contributed by atoms with Crippen LogP contribution < -0.4 is 0 Å². The summed E-state index contributed by atoms with van der Waals surface area (Å²) in [5, 5.41) is 0. The molecular formula is C12H19O4P. The average Bonchev–Trinajstić information content (AvgIpc) is 2.29. The Hall–Kier alpha value is -0.960. The van der Waals surface area contributed by atoms with Gasteiger partial charge in [-0.1, -0.05) is 30.9 Å². The Morgan fingerprint density at radius 1 is 1.47 bits per heavy atom. The number of rotatable bonds is 8. The van der Waals surface area contributed by atoms with Crippen molar-refractivity contribution in [3.05, 3.63) is 36.5 Å². The molecule has 1 unspecified atom stereocenters. The van der Waals surface area contributed by atoms with Crippen molar-refractivity contribution in [2.75, 3.05) is 19.9 Å². The van der Waals surface area contributed by atoms with Gasteiger partial charge in [-0.3, -0.25) is 9.36 Å². The number of ketones is 1. The van der Waals surface area contributed by atoms with Crippen LogP contribution >= 0.6 is 7.60 Å². The lowest BCUT2D eigenvalue weighted by molar-refractivity contribution is -0.113. The number of hydrogen-bond acceptors (Lipinski definition) is 4. The molecule has 0 aromatic heterocycles. The molecule has 0 N–H and O–H groups in total. The molecule has 0 aliphatic carbocycles. The van der Waals surface area contributed by atoms with E-state index in [0.717, 1.165) is 0 Å². The maximum atomic E-state index is 12.0. The van der Waals surface area contributed by atoms with Gasteiger partial charge in [0.2, 0.25) is 0 Å². The highest BCUT2D eigenvalue weighted by Crippen LogP contribution is 2.47. The molecule has 4 nitrogen and oxygen atoms in total. The van der Waals surface area contributed by atoms with Gasteiger partial charge in [0, 0.05) is 12.7 Å². The van der Waals surface area contributed by atoms with Crippen LogP contribution in [0.5, 0.6) is 0 Å². The van der Waals surface area contributed by atoms with E-state index in [1.54, 1.807) is 32.1 Å². The molecule has 0 saturated heterocycles. The van der Waals surface area contributed by atoms with Crippen LogP contribution in [0.4, 0.5) is 0 Å². The van der Waals surface area contributed by atoms with Crippen LogP contribution in [0, 0.1) is 0 Å². The zero-order valence-corrected chi connectivity index (χ0v) is 11.4. The van der Waals surface area contributed by atoms with E-state index in [1.807, 2.05) is 0 Å². The van der Waals surface area contributed by atoms with Gasteiger partial charge in [0.1, 0.15) is 6.16 Å².